The summed E-state index contributed by atoms with van der Waals surface area (Å²) in [7, 11) is -1.32. The molecule has 124 valence electrons. The van der Waals surface area contributed by atoms with Crippen LogP contribution in [0.3, 0.4) is 0 Å². The summed E-state index contributed by atoms with van der Waals surface area (Å²) in [5.41, 5.74) is 0.831. The lowest BCUT2D eigenvalue weighted by Crippen LogP contribution is -2.22. The zero-order valence-electron chi connectivity index (χ0n) is 13.3. The maximum Gasteiger partial charge on any atom is 0.242 e. The van der Waals surface area contributed by atoms with Gasteiger partial charge in [0.15, 0.2) is 0 Å². The van der Waals surface area contributed by atoms with Crippen molar-refractivity contribution in [1.29, 1.82) is 0 Å². The van der Waals surface area contributed by atoms with E-state index in [1.165, 1.54) is 50.5 Å². The number of hydrogen-bond acceptors (Lipinski definition) is 3. The van der Waals surface area contributed by atoms with Gasteiger partial charge in [-0.25, -0.2) is 12.7 Å². The minimum absolute atomic E-state index is 0.268. The zero-order chi connectivity index (χ0) is 16.2. The molecule has 6 heteroatoms. The van der Waals surface area contributed by atoms with Crippen molar-refractivity contribution in [2.75, 3.05) is 19.8 Å². The normalized spacial score (nSPS) is 18.5. The summed E-state index contributed by atoms with van der Waals surface area (Å²) >= 11 is 0. The van der Waals surface area contributed by atoms with Gasteiger partial charge in [-0.05, 0) is 36.5 Å². The van der Waals surface area contributed by atoms with Gasteiger partial charge in [0.25, 0.3) is 0 Å². The first-order chi connectivity index (χ1) is 10.4. The first-order valence-corrected chi connectivity index (χ1v) is 10.7. The zero-order valence-corrected chi connectivity index (χ0v) is 15.0. The van der Waals surface area contributed by atoms with Gasteiger partial charge in [0.05, 0.1) is 4.90 Å². The van der Waals surface area contributed by atoms with Crippen LogP contribution < -0.4 is 0 Å². The Bertz CT molecular complexity index is 620. The molecular weight excluding hydrogens is 318 g/mol. The van der Waals surface area contributed by atoms with E-state index < -0.39 is 20.8 Å². The van der Waals surface area contributed by atoms with E-state index in [0.29, 0.717) is 11.7 Å². The van der Waals surface area contributed by atoms with Crippen LogP contribution in [-0.4, -0.2) is 36.8 Å². The quantitative estimate of drug-likeness (QED) is 0.798. The Balaban J connectivity index is 2.02. The number of benzene rings is 1. The predicted octanol–water partition coefficient (Wildman–Crippen LogP) is 2.77. The molecule has 1 aromatic rings. The van der Waals surface area contributed by atoms with Crippen LogP contribution in [0.2, 0.25) is 0 Å². The van der Waals surface area contributed by atoms with E-state index in [0.717, 1.165) is 11.3 Å². The van der Waals surface area contributed by atoms with Gasteiger partial charge < -0.3 is 0 Å². The fourth-order valence-electron chi connectivity index (χ4n) is 2.87. The highest BCUT2D eigenvalue weighted by Gasteiger charge is 2.19. The molecule has 0 heterocycles. The van der Waals surface area contributed by atoms with Crippen LogP contribution >= 0.6 is 0 Å². The molecule has 1 aliphatic rings. The third kappa shape index (κ3) is 4.64. The Hall–Kier alpha value is -0.720. The Kier molecular flexibility index (Phi) is 6.17. The van der Waals surface area contributed by atoms with Gasteiger partial charge in [0.2, 0.25) is 10.0 Å². The standard InChI is InChI=1S/C16H25NO3S2/c1-17(2)22(19,20)16-10-6-9-15(11-16)13-21(18)12-14-7-4-3-5-8-14/h6,9-11,14H,3-5,7-8,12-13H2,1-2H3/t21-/m1/s1. The lowest BCUT2D eigenvalue weighted by Gasteiger charge is -2.21. The average Bonchev–Trinajstić information content (AvgIpc) is 2.48. The molecule has 1 atom stereocenters. The summed E-state index contributed by atoms with van der Waals surface area (Å²) in [6.45, 7) is 0. The Labute approximate surface area is 136 Å². The molecule has 2 rings (SSSR count). The summed E-state index contributed by atoms with van der Waals surface area (Å²) in [6.07, 6.45) is 6.16. The van der Waals surface area contributed by atoms with Gasteiger partial charge in [0, 0.05) is 36.4 Å². The van der Waals surface area contributed by atoms with E-state index in [1.807, 2.05) is 6.07 Å². The summed E-state index contributed by atoms with van der Waals surface area (Å²) in [4.78, 5) is 0.268. The van der Waals surface area contributed by atoms with Crippen LogP contribution in [0.25, 0.3) is 0 Å². The van der Waals surface area contributed by atoms with Gasteiger partial charge in [-0.3, -0.25) is 4.21 Å². The van der Waals surface area contributed by atoms with Crippen molar-refractivity contribution < 1.29 is 12.6 Å². The second kappa shape index (κ2) is 7.70. The smallest absolute Gasteiger partial charge is 0.242 e. The highest BCUT2D eigenvalue weighted by molar-refractivity contribution is 7.89. The SMILES string of the molecule is CN(C)S(=O)(=O)c1cccc(C[S@](=O)CC2CCCCC2)c1. The largest absolute Gasteiger partial charge is 0.259 e. The molecule has 1 fully saturated rings. The van der Waals surface area contributed by atoms with E-state index in [4.69, 9.17) is 0 Å². The highest BCUT2D eigenvalue weighted by Crippen LogP contribution is 2.25. The van der Waals surface area contributed by atoms with Crippen molar-refractivity contribution in [2.45, 2.75) is 42.8 Å². The predicted molar refractivity (Wildman–Crippen MR) is 90.6 cm³/mol. The van der Waals surface area contributed by atoms with Gasteiger partial charge in [-0.15, -0.1) is 0 Å². The lowest BCUT2D eigenvalue weighted by molar-refractivity contribution is 0.388. The molecule has 0 saturated heterocycles. The van der Waals surface area contributed by atoms with Crippen LogP contribution in [-0.2, 0) is 26.6 Å². The summed E-state index contributed by atoms with van der Waals surface area (Å²) in [5, 5.41) is 0. The summed E-state index contributed by atoms with van der Waals surface area (Å²) in [6, 6.07) is 6.81. The van der Waals surface area contributed by atoms with Crippen molar-refractivity contribution in [3.05, 3.63) is 29.8 Å². The van der Waals surface area contributed by atoms with Crippen LogP contribution in [0.4, 0.5) is 0 Å². The monoisotopic (exact) mass is 343 g/mol. The number of hydrogen-bond donors (Lipinski definition) is 0. The Morgan fingerprint density at radius 2 is 1.86 bits per heavy atom. The lowest BCUT2D eigenvalue weighted by atomic mass is 9.91. The minimum atomic E-state index is -3.43. The molecule has 0 radical (unpaired) electrons. The molecule has 0 spiro atoms. The van der Waals surface area contributed by atoms with Crippen LogP contribution in [0, 0.1) is 5.92 Å². The fraction of sp³-hybridized carbons (Fsp3) is 0.625. The van der Waals surface area contributed by atoms with Crippen molar-refractivity contribution in [1.82, 2.24) is 4.31 Å². The Morgan fingerprint density at radius 1 is 1.18 bits per heavy atom. The molecule has 0 N–H and O–H groups in total. The Morgan fingerprint density at radius 3 is 2.50 bits per heavy atom. The van der Waals surface area contributed by atoms with Crippen molar-refractivity contribution in [3.8, 4) is 0 Å². The molecule has 1 aromatic carbocycles. The van der Waals surface area contributed by atoms with E-state index in [-0.39, 0.29) is 4.90 Å². The topological polar surface area (TPSA) is 54.5 Å². The van der Waals surface area contributed by atoms with Gasteiger partial charge >= 0.3 is 0 Å². The molecule has 0 aromatic heterocycles. The van der Waals surface area contributed by atoms with E-state index in [2.05, 4.69) is 0 Å². The fourth-order valence-corrected chi connectivity index (χ4v) is 5.37. The van der Waals surface area contributed by atoms with E-state index in [1.54, 1.807) is 18.2 Å². The van der Waals surface area contributed by atoms with Crippen LogP contribution in [0.5, 0.6) is 0 Å². The average molecular weight is 344 g/mol. The van der Waals surface area contributed by atoms with Crippen LogP contribution in [0.1, 0.15) is 37.7 Å². The number of nitrogens with zero attached hydrogens (tertiary/aromatic N) is 1. The van der Waals surface area contributed by atoms with Gasteiger partial charge in [-0.2, -0.15) is 0 Å². The van der Waals surface area contributed by atoms with Crippen LogP contribution in [0.15, 0.2) is 29.2 Å². The molecule has 0 unspecified atom stereocenters. The third-order valence-corrected chi connectivity index (χ3v) is 7.46. The minimum Gasteiger partial charge on any atom is -0.259 e. The molecule has 22 heavy (non-hydrogen) atoms. The maximum atomic E-state index is 12.3. The first-order valence-electron chi connectivity index (χ1n) is 7.76. The third-order valence-electron chi connectivity index (χ3n) is 4.15. The van der Waals surface area contributed by atoms with Gasteiger partial charge in [0.1, 0.15) is 0 Å². The molecule has 1 saturated carbocycles. The molecule has 4 nitrogen and oxygen atoms in total. The van der Waals surface area contributed by atoms with Gasteiger partial charge in [-0.1, -0.05) is 31.4 Å². The first kappa shape index (κ1) is 17.6. The number of rotatable bonds is 6. The highest BCUT2D eigenvalue weighted by atomic mass is 32.2. The van der Waals surface area contributed by atoms with E-state index in [9.17, 15) is 12.6 Å². The summed E-state index contributed by atoms with van der Waals surface area (Å²) in [5.74, 6) is 1.75. The molecule has 1 aliphatic carbocycles. The van der Waals surface area contributed by atoms with Crippen molar-refractivity contribution >= 4 is 20.8 Å². The van der Waals surface area contributed by atoms with E-state index >= 15 is 0 Å². The van der Waals surface area contributed by atoms with Crippen molar-refractivity contribution in [3.63, 3.8) is 0 Å². The molecular formula is C16H25NO3S2. The molecule has 0 bridgehead atoms. The molecule has 0 aliphatic heterocycles. The molecule has 0 amide bonds. The second-order valence-electron chi connectivity index (χ2n) is 6.19. The number of sulfonamides is 1. The maximum absolute atomic E-state index is 12.3. The summed E-state index contributed by atoms with van der Waals surface area (Å²) < 4.78 is 37.8. The second-order valence-corrected chi connectivity index (χ2v) is 9.84. The van der Waals surface area contributed by atoms with Crippen molar-refractivity contribution in [2.24, 2.45) is 5.92 Å².